The Labute approximate surface area is 96.2 Å². The van der Waals surface area contributed by atoms with Crippen molar-refractivity contribution in [3.05, 3.63) is 28.1 Å². The first-order valence-electron chi connectivity index (χ1n) is 4.07. The van der Waals surface area contributed by atoms with Gasteiger partial charge in [0, 0.05) is 15.0 Å². The molecule has 0 amide bonds. The van der Waals surface area contributed by atoms with E-state index in [4.69, 9.17) is 27.9 Å². The normalized spacial score (nSPS) is 10.8. The van der Waals surface area contributed by atoms with Gasteiger partial charge < -0.3 is 4.74 Å². The molecule has 1 heterocycles. The molecule has 2 aromatic rings. The second-order valence-corrected chi connectivity index (χ2v) is 4.62. The van der Waals surface area contributed by atoms with Crippen LogP contribution in [0.25, 0.3) is 10.1 Å². The molecule has 0 saturated heterocycles. The van der Waals surface area contributed by atoms with E-state index in [9.17, 15) is 0 Å². The fourth-order valence-corrected chi connectivity index (χ4v) is 3.00. The Morgan fingerprint density at radius 2 is 2.21 bits per heavy atom. The molecule has 4 heteroatoms. The van der Waals surface area contributed by atoms with Gasteiger partial charge in [0.25, 0.3) is 0 Å². The molecule has 0 fully saturated rings. The number of alkyl halides is 1. The highest BCUT2D eigenvalue weighted by atomic mass is 35.5. The summed E-state index contributed by atoms with van der Waals surface area (Å²) < 4.78 is 6.28. The van der Waals surface area contributed by atoms with Crippen molar-refractivity contribution in [1.29, 1.82) is 0 Å². The number of hydrogen-bond acceptors (Lipinski definition) is 2. The molecular weight excluding hydrogens is 239 g/mol. The summed E-state index contributed by atoms with van der Waals surface area (Å²) in [5, 5.41) is 1.77. The van der Waals surface area contributed by atoms with Gasteiger partial charge in [-0.3, -0.25) is 0 Å². The third kappa shape index (κ3) is 1.58. The first-order chi connectivity index (χ1) is 6.76. The Kier molecular flexibility index (Phi) is 2.86. The van der Waals surface area contributed by atoms with Gasteiger partial charge in [-0.15, -0.1) is 22.9 Å². The number of thiophene rings is 1. The lowest BCUT2D eigenvalue weighted by Crippen LogP contribution is -1.80. The second-order valence-electron chi connectivity index (χ2n) is 2.83. The Morgan fingerprint density at radius 3 is 2.86 bits per heavy atom. The molecule has 0 radical (unpaired) electrons. The molecule has 0 unspecified atom stereocenters. The summed E-state index contributed by atoms with van der Waals surface area (Å²) in [6, 6.07) is 5.86. The summed E-state index contributed by atoms with van der Waals surface area (Å²) in [4.78, 5) is 1.01. The number of rotatable bonds is 2. The maximum absolute atomic E-state index is 6.16. The summed E-state index contributed by atoms with van der Waals surface area (Å²) >= 11 is 13.6. The highest BCUT2D eigenvalue weighted by molar-refractivity contribution is 7.20. The molecule has 0 aliphatic heterocycles. The topological polar surface area (TPSA) is 9.23 Å². The summed E-state index contributed by atoms with van der Waals surface area (Å²) in [5.74, 6) is 1.28. The molecule has 0 saturated carbocycles. The van der Waals surface area contributed by atoms with Crippen LogP contribution in [-0.4, -0.2) is 7.11 Å². The monoisotopic (exact) mass is 246 g/mol. The Bertz CT molecular complexity index is 464. The van der Waals surface area contributed by atoms with E-state index in [-0.39, 0.29) is 0 Å². The van der Waals surface area contributed by atoms with Crippen molar-refractivity contribution in [3.8, 4) is 5.75 Å². The predicted molar refractivity (Wildman–Crippen MR) is 62.9 cm³/mol. The Hall–Kier alpha value is -0.440. The van der Waals surface area contributed by atoms with Crippen molar-refractivity contribution in [1.82, 2.24) is 0 Å². The lowest BCUT2D eigenvalue weighted by Gasteiger charge is -1.98. The van der Waals surface area contributed by atoms with Crippen LogP contribution in [0.2, 0.25) is 5.02 Å². The third-order valence-electron chi connectivity index (χ3n) is 2.02. The van der Waals surface area contributed by atoms with Crippen LogP contribution in [0.5, 0.6) is 5.75 Å². The van der Waals surface area contributed by atoms with E-state index in [1.165, 1.54) is 0 Å². The van der Waals surface area contributed by atoms with Crippen LogP contribution >= 0.6 is 34.5 Å². The maximum Gasteiger partial charge on any atom is 0.119 e. The molecule has 14 heavy (non-hydrogen) atoms. The van der Waals surface area contributed by atoms with Crippen molar-refractivity contribution in [2.24, 2.45) is 0 Å². The lowest BCUT2D eigenvalue weighted by molar-refractivity contribution is 0.415. The minimum atomic E-state index is 0.459. The molecular formula is C10H8Cl2OS. The highest BCUT2D eigenvalue weighted by Crippen LogP contribution is 2.37. The number of methoxy groups -OCH3 is 1. The first kappa shape index (κ1) is 10.1. The van der Waals surface area contributed by atoms with Gasteiger partial charge in [-0.05, 0) is 18.2 Å². The zero-order valence-corrected chi connectivity index (χ0v) is 9.84. The average Bonchev–Trinajstić information content (AvgIpc) is 2.55. The van der Waals surface area contributed by atoms with Gasteiger partial charge in [-0.1, -0.05) is 11.6 Å². The summed E-state index contributed by atoms with van der Waals surface area (Å²) in [6.45, 7) is 0. The number of fused-ring (bicyclic) bond motifs is 1. The summed E-state index contributed by atoms with van der Waals surface area (Å²) in [7, 11) is 1.64. The second kappa shape index (κ2) is 3.97. The molecule has 0 spiro atoms. The molecule has 0 aliphatic carbocycles. The number of benzene rings is 1. The SMILES string of the molecule is COc1ccc2sc(CCl)c(Cl)c2c1. The fourth-order valence-electron chi connectivity index (χ4n) is 1.31. The Balaban J connectivity index is 2.68. The van der Waals surface area contributed by atoms with E-state index in [0.29, 0.717) is 5.88 Å². The van der Waals surface area contributed by atoms with E-state index >= 15 is 0 Å². The van der Waals surface area contributed by atoms with Crippen LogP contribution in [0.1, 0.15) is 4.88 Å². The molecule has 0 atom stereocenters. The van der Waals surface area contributed by atoms with E-state index in [0.717, 1.165) is 25.7 Å². The minimum Gasteiger partial charge on any atom is -0.497 e. The fraction of sp³-hybridized carbons (Fsp3) is 0.200. The van der Waals surface area contributed by atoms with Crippen LogP contribution in [0.3, 0.4) is 0 Å². The van der Waals surface area contributed by atoms with Crippen molar-refractivity contribution >= 4 is 44.6 Å². The van der Waals surface area contributed by atoms with Crippen LogP contribution < -0.4 is 4.74 Å². The zero-order chi connectivity index (χ0) is 10.1. The Morgan fingerprint density at radius 1 is 1.43 bits per heavy atom. The van der Waals surface area contributed by atoms with Crippen molar-refractivity contribution in [2.75, 3.05) is 7.11 Å². The van der Waals surface area contributed by atoms with Gasteiger partial charge >= 0.3 is 0 Å². The number of ether oxygens (including phenoxy) is 1. The first-order valence-corrected chi connectivity index (χ1v) is 5.80. The number of hydrogen-bond donors (Lipinski definition) is 0. The van der Waals surface area contributed by atoms with Gasteiger partial charge in [0.2, 0.25) is 0 Å². The quantitative estimate of drug-likeness (QED) is 0.719. The van der Waals surface area contributed by atoms with Crippen LogP contribution in [-0.2, 0) is 5.88 Å². The standard InChI is InChI=1S/C10H8Cl2OS/c1-13-6-2-3-8-7(4-6)10(12)9(5-11)14-8/h2-4H,5H2,1H3. The van der Waals surface area contributed by atoms with Crippen LogP contribution in [0.4, 0.5) is 0 Å². The molecule has 0 N–H and O–H groups in total. The highest BCUT2D eigenvalue weighted by Gasteiger charge is 2.09. The van der Waals surface area contributed by atoms with Crippen molar-refractivity contribution in [3.63, 3.8) is 0 Å². The van der Waals surface area contributed by atoms with Crippen LogP contribution in [0, 0.1) is 0 Å². The molecule has 74 valence electrons. The van der Waals surface area contributed by atoms with Gasteiger partial charge in [-0.25, -0.2) is 0 Å². The number of halogens is 2. The van der Waals surface area contributed by atoms with E-state index in [2.05, 4.69) is 0 Å². The van der Waals surface area contributed by atoms with E-state index in [1.54, 1.807) is 18.4 Å². The zero-order valence-electron chi connectivity index (χ0n) is 7.51. The average molecular weight is 247 g/mol. The molecule has 1 nitrogen and oxygen atoms in total. The molecule has 1 aromatic carbocycles. The van der Waals surface area contributed by atoms with E-state index in [1.807, 2.05) is 18.2 Å². The van der Waals surface area contributed by atoms with E-state index < -0.39 is 0 Å². The van der Waals surface area contributed by atoms with Gasteiger partial charge in [0.1, 0.15) is 5.75 Å². The maximum atomic E-state index is 6.16. The molecule has 1 aromatic heterocycles. The largest absolute Gasteiger partial charge is 0.497 e. The molecule has 0 bridgehead atoms. The summed E-state index contributed by atoms with van der Waals surface area (Å²) in [5.41, 5.74) is 0. The summed E-state index contributed by atoms with van der Waals surface area (Å²) in [6.07, 6.45) is 0. The third-order valence-corrected chi connectivity index (χ3v) is 4.16. The minimum absolute atomic E-state index is 0.459. The van der Waals surface area contributed by atoms with Crippen molar-refractivity contribution in [2.45, 2.75) is 5.88 Å². The van der Waals surface area contributed by atoms with Gasteiger partial charge in [0.15, 0.2) is 0 Å². The molecule has 0 aliphatic rings. The van der Waals surface area contributed by atoms with Gasteiger partial charge in [-0.2, -0.15) is 0 Å². The predicted octanol–water partition coefficient (Wildman–Crippen LogP) is 4.30. The lowest BCUT2D eigenvalue weighted by atomic mass is 10.2. The van der Waals surface area contributed by atoms with Crippen molar-refractivity contribution < 1.29 is 4.74 Å². The van der Waals surface area contributed by atoms with Crippen LogP contribution in [0.15, 0.2) is 18.2 Å². The van der Waals surface area contributed by atoms with Gasteiger partial charge in [0.05, 0.1) is 18.0 Å². The molecule has 2 rings (SSSR count). The smallest absolute Gasteiger partial charge is 0.119 e.